The lowest BCUT2D eigenvalue weighted by molar-refractivity contribution is -0.131. The van der Waals surface area contributed by atoms with E-state index in [-0.39, 0.29) is 0 Å². The lowest BCUT2D eigenvalue weighted by Gasteiger charge is -2.05. The molecular formula is C17H19NO2. The highest BCUT2D eigenvalue weighted by molar-refractivity contribution is 5.99. The smallest absolute Gasteiger partial charge is 0.328 e. The second kappa shape index (κ2) is 4.82. The summed E-state index contributed by atoms with van der Waals surface area (Å²) in [6.07, 6.45) is 6.65. The van der Waals surface area contributed by atoms with Gasteiger partial charge >= 0.3 is 5.97 Å². The molecule has 1 aromatic carbocycles. The number of hydrogen-bond acceptors (Lipinski definition) is 1. The van der Waals surface area contributed by atoms with Crippen LogP contribution in [0.5, 0.6) is 0 Å². The number of aromatic nitrogens is 1. The van der Waals surface area contributed by atoms with E-state index in [9.17, 15) is 4.79 Å². The number of rotatable bonds is 4. The van der Waals surface area contributed by atoms with Crippen LogP contribution < -0.4 is 0 Å². The topological polar surface area (TPSA) is 42.2 Å². The monoisotopic (exact) mass is 269 g/mol. The van der Waals surface area contributed by atoms with Gasteiger partial charge in [-0.05, 0) is 48.4 Å². The summed E-state index contributed by atoms with van der Waals surface area (Å²) in [5.74, 6) is -0.433. The number of carboxylic acid groups (broad SMARTS) is 1. The average Bonchev–Trinajstić information content (AvgIpc) is 3.21. The van der Waals surface area contributed by atoms with Gasteiger partial charge in [-0.3, -0.25) is 0 Å². The van der Waals surface area contributed by atoms with Crippen molar-refractivity contribution >= 4 is 22.4 Å². The molecule has 1 heterocycles. The van der Waals surface area contributed by atoms with E-state index in [1.807, 2.05) is 7.05 Å². The fourth-order valence-corrected chi connectivity index (χ4v) is 2.83. The van der Waals surface area contributed by atoms with Crippen molar-refractivity contribution in [2.24, 2.45) is 13.0 Å². The fourth-order valence-electron chi connectivity index (χ4n) is 2.83. The summed E-state index contributed by atoms with van der Waals surface area (Å²) in [7, 11) is 2.02. The van der Waals surface area contributed by atoms with Crippen LogP contribution in [0, 0.1) is 5.92 Å². The van der Waals surface area contributed by atoms with Crippen molar-refractivity contribution in [3.8, 4) is 0 Å². The van der Waals surface area contributed by atoms with Crippen LogP contribution in [0.25, 0.3) is 16.5 Å². The molecule has 2 aromatic rings. The Morgan fingerprint density at radius 1 is 1.45 bits per heavy atom. The van der Waals surface area contributed by atoms with E-state index in [2.05, 4.69) is 35.9 Å². The second-order valence-corrected chi connectivity index (χ2v) is 5.57. The van der Waals surface area contributed by atoms with E-state index < -0.39 is 5.97 Å². The normalized spacial score (nSPS) is 15.8. The minimum Gasteiger partial charge on any atom is -0.478 e. The standard InChI is InChI=1S/C17H19NO2/c1-3-11-4-7-16-14(8-11)15(10-18(16)2)13(9-17(19)20)12-5-6-12/h4,7-10,12H,3,5-6H2,1-2H3,(H,19,20)/b13-9+. The second-order valence-electron chi connectivity index (χ2n) is 5.57. The number of benzene rings is 1. The molecule has 0 bridgehead atoms. The lowest BCUT2D eigenvalue weighted by Crippen LogP contribution is -1.94. The minimum absolute atomic E-state index is 0.419. The zero-order valence-corrected chi connectivity index (χ0v) is 11.9. The number of allylic oxidation sites excluding steroid dienone is 1. The van der Waals surface area contributed by atoms with Gasteiger partial charge in [-0.15, -0.1) is 0 Å². The summed E-state index contributed by atoms with van der Waals surface area (Å²) in [6.45, 7) is 2.14. The third kappa shape index (κ3) is 2.24. The van der Waals surface area contributed by atoms with Crippen molar-refractivity contribution in [1.82, 2.24) is 4.57 Å². The number of hydrogen-bond donors (Lipinski definition) is 1. The van der Waals surface area contributed by atoms with E-state index >= 15 is 0 Å². The Balaban J connectivity index is 2.21. The van der Waals surface area contributed by atoms with Crippen LogP contribution in [-0.2, 0) is 18.3 Å². The predicted octanol–water partition coefficient (Wildman–Crippen LogP) is 3.62. The van der Waals surface area contributed by atoms with E-state index in [1.165, 1.54) is 17.0 Å². The van der Waals surface area contributed by atoms with E-state index in [1.54, 1.807) is 0 Å². The molecule has 0 saturated heterocycles. The molecule has 1 fully saturated rings. The molecule has 0 amide bonds. The summed E-state index contributed by atoms with van der Waals surface area (Å²) < 4.78 is 2.09. The SMILES string of the molecule is CCc1ccc2c(c1)c(/C(=C/C(=O)O)C1CC1)cn2C. The highest BCUT2D eigenvalue weighted by Gasteiger charge is 2.29. The summed E-state index contributed by atoms with van der Waals surface area (Å²) in [5, 5.41) is 10.3. The first-order chi connectivity index (χ1) is 9.60. The van der Waals surface area contributed by atoms with Gasteiger partial charge in [-0.25, -0.2) is 4.79 Å². The maximum atomic E-state index is 11.1. The number of nitrogens with zero attached hydrogens (tertiary/aromatic N) is 1. The summed E-state index contributed by atoms with van der Waals surface area (Å²) >= 11 is 0. The third-order valence-corrected chi connectivity index (χ3v) is 4.07. The number of fused-ring (bicyclic) bond motifs is 1. The number of carbonyl (C=O) groups is 1. The molecule has 0 atom stereocenters. The zero-order valence-electron chi connectivity index (χ0n) is 11.9. The Kier molecular flexibility index (Phi) is 3.13. The number of carboxylic acids is 1. The predicted molar refractivity (Wildman–Crippen MR) is 80.6 cm³/mol. The molecule has 3 nitrogen and oxygen atoms in total. The first kappa shape index (κ1) is 13.0. The van der Waals surface area contributed by atoms with Crippen molar-refractivity contribution in [2.45, 2.75) is 26.2 Å². The molecule has 1 aliphatic carbocycles. The largest absolute Gasteiger partial charge is 0.478 e. The Morgan fingerprint density at radius 3 is 2.80 bits per heavy atom. The van der Waals surface area contributed by atoms with Crippen LogP contribution in [0.4, 0.5) is 0 Å². The lowest BCUT2D eigenvalue weighted by atomic mass is 9.99. The molecule has 3 heteroatoms. The average molecular weight is 269 g/mol. The van der Waals surface area contributed by atoms with Gasteiger partial charge in [0.05, 0.1) is 0 Å². The van der Waals surface area contributed by atoms with Crippen molar-refractivity contribution in [3.05, 3.63) is 41.6 Å². The number of aliphatic carboxylic acids is 1. The summed E-state index contributed by atoms with van der Waals surface area (Å²) in [6, 6.07) is 6.47. The van der Waals surface area contributed by atoms with Gasteiger partial charge in [0, 0.05) is 35.8 Å². The van der Waals surface area contributed by atoms with Gasteiger partial charge in [-0.2, -0.15) is 0 Å². The van der Waals surface area contributed by atoms with Crippen molar-refractivity contribution < 1.29 is 9.90 Å². The highest BCUT2D eigenvalue weighted by atomic mass is 16.4. The Labute approximate surface area is 118 Å². The molecule has 0 spiro atoms. The van der Waals surface area contributed by atoms with Crippen LogP contribution in [0.2, 0.25) is 0 Å². The molecule has 0 aliphatic heterocycles. The van der Waals surface area contributed by atoms with E-state index in [0.29, 0.717) is 5.92 Å². The molecule has 1 N–H and O–H groups in total. The first-order valence-corrected chi connectivity index (χ1v) is 7.13. The molecular weight excluding hydrogens is 250 g/mol. The van der Waals surface area contributed by atoms with Crippen LogP contribution in [0.3, 0.4) is 0 Å². The van der Waals surface area contributed by atoms with Gasteiger partial charge in [-0.1, -0.05) is 13.0 Å². The molecule has 0 unspecified atom stereocenters. The van der Waals surface area contributed by atoms with Gasteiger partial charge < -0.3 is 9.67 Å². The van der Waals surface area contributed by atoms with Crippen LogP contribution in [0.1, 0.15) is 30.9 Å². The maximum Gasteiger partial charge on any atom is 0.328 e. The summed E-state index contributed by atoms with van der Waals surface area (Å²) in [4.78, 5) is 11.1. The molecule has 3 rings (SSSR count). The maximum absolute atomic E-state index is 11.1. The van der Waals surface area contributed by atoms with Crippen LogP contribution >= 0.6 is 0 Å². The number of aryl methyl sites for hydroxylation is 2. The molecule has 1 saturated carbocycles. The molecule has 1 aromatic heterocycles. The molecule has 20 heavy (non-hydrogen) atoms. The van der Waals surface area contributed by atoms with Gasteiger partial charge in [0.15, 0.2) is 0 Å². The van der Waals surface area contributed by atoms with Gasteiger partial charge in [0.1, 0.15) is 0 Å². The Morgan fingerprint density at radius 2 is 2.20 bits per heavy atom. The zero-order chi connectivity index (χ0) is 14.3. The van der Waals surface area contributed by atoms with E-state index in [0.717, 1.165) is 35.9 Å². The van der Waals surface area contributed by atoms with Crippen LogP contribution in [0.15, 0.2) is 30.5 Å². The quantitative estimate of drug-likeness (QED) is 0.861. The summed E-state index contributed by atoms with van der Waals surface area (Å²) in [5.41, 5.74) is 4.52. The molecule has 1 aliphatic rings. The highest BCUT2D eigenvalue weighted by Crippen LogP contribution is 2.44. The minimum atomic E-state index is -0.851. The van der Waals surface area contributed by atoms with Crippen LogP contribution in [-0.4, -0.2) is 15.6 Å². The Bertz CT molecular complexity index is 705. The molecule has 0 radical (unpaired) electrons. The van der Waals surface area contributed by atoms with Gasteiger partial charge in [0.25, 0.3) is 0 Å². The third-order valence-electron chi connectivity index (χ3n) is 4.07. The fraction of sp³-hybridized carbons (Fsp3) is 0.353. The Hall–Kier alpha value is -2.03. The van der Waals surface area contributed by atoms with Crippen molar-refractivity contribution in [1.29, 1.82) is 0 Å². The molecule has 104 valence electrons. The van der Waals surface area contributed by atoms with Crippen molar-refractivity contribution in [3.63, 3.8) is 0 Å². The van der Waals surface area contributed by atoms with E-state index in [4.69, 9.17) is 5.11 Å². The van der Waals surface area contributed by atoms with Gasteiger partial charge in [0.2, 0.25) is 0 Å². The first-order valence-electron chi connectivity index (χ1n) is 7.13. The van der Waals surface area contributed by atoms with Crippen molar-refractivity contribution in [2.75, 3.05) is 0 Å².